The minimum atomic E-state index is -2.93. The van der Waals surface area contributed by atoms with Gasteiger partial charge in [0.25, 0.3) is 0 Å². The highest BCUT2D eigenvalue weighted by atomic mass is 32.7. The second-order valence-electron chi connectivity index (χ2n) is 3.07. The third-order valence-corrected chi connectivity index (χ3v) is 3.98. The molecule has 0 aromatic carbocycles. The van der Waals surface area contributed by atoms with Crippen molar-refractivity contribution in [2.24, 2.45) is 5.92 Å². The molecule has 8 heteroatoms. The molecule has 4 N–H and O–H groups in total. The fourth-order valence-corrected chi connectivity index (χ4v) is 2.65. The van der Waals surface area contributed by atoms with Gasteiger partial charge in [0, 0.05) is 18.7 Å². The van der Waals surface area contributed by atoms with E-state index in [1.807, 2.05) is 0 Å². The van der Waals surface area contributed by atoms with Gasteiger partial charge in [-0.05, 0) is 6.42 Å². The van der Waals surface area contributed by atoms with Crippen molar-refractivity contribution in [3.8, 4) is 0 Å². The van der Waals surface area contributed by atoms with Crippen LogP contribution in [0.1, 0.15) is 12.8 Å². The molecule has 6 nitrogen and oxygen atoms in total. The van der Waals surface area contributed by atoms with Crippen LogP contribution in [-0.2, 0) is 9.59 Å². The van der Waals surface area contributed by atoms with E-state index in [1.54, 1.807) is 0 Å². The molecule has 0 aliphatic rings. The molecule has 0 amide bonds. The Bertz CT molecular complexity index is 270. The highest BCUT2D eigenvalue weighted by molar-refractivity contribution is 8.55. The Morgan fingerprint density at radius 2 is 2.00 bits per heavy atom. The van der Waals surface area contributed by atoms with Crippen LogP contribution < -0.4 is 0 Å². The molecule has 0 bridgehead atoms. The molecule has 2 unspecified atom stereocenters. The number of carboxylic acid groups (broad SMARTS) is 2. The fourth-order valence-electron chi connectivity index (χ4n) is 0.968. The number of hydrogen-bond acceptors (Lipinski definition) is 5. The Morgan fingerprint density at radius 3 is 2.33 bits per heavy atom. The molecule has 86 valence electrons. The molecule has 0 aromatic rings. The first-order valence-corrected chi connectivity index (χ1v) is 7.23. The van der Waals surface area contributed by atoms with Gasteiger partial charge in [-0.25, -0.2) is 4.89 Å². The number of carboxylic acids is 2. The Labute approximate surface area is 92.4 Å². The standard InChI is InChI=1S/C7H12NO5PS/c8-4-14(13,15)3-5(7(11)12)1-2-6(9)10/h4-5,8,13,15H,1-3H2,(H-,9,10,11,12)/p+1. The van der Waals surface area contributed by atoms with Crippen LogP contribution in [0.2, 0.25) is 0 Å². The van der Waals surface area contributed by atoms with Crippen LogP contribution in [0.5, 0.6) is 0 Å². The van der Waals surface area contributed by atoms with E-state index in [9.17, 15) is 14.5 Å². The lowest BCUT2D eigenvalue weighted by Crippen LogP contribution is -2.20. The van der Waals surface area contributed by atoms with Gasteiger partial charge in [-0.15, -0.1) is 0 Å². The summed E-state index contributed by atoms with van der Waals surface area (Å²) in [7, 11) is 0. The summed E-state index contributed by atoms with van der Waals surface area (Å²) in [4.78, 5) is 30.4. The summed E-state index contributed by atoms with van der Waals surface area (Å²) < 4.78 is 0. The number of nitrogens with one attached hydrogen (secondary N) is 1. The highest BCUT2D eigenvalue weighted by Gasteiger charge is 2.36. The van der Waals surface area contributed by atoms with Gasteiger partial charge < -0.3 is 10.2 Å². The zero-order valence-corrected chi connectivity index (χ0v) is 9.62. The van der Waals surface area contributed by atoms with Gasteiger partial charge >= 0.3 is 11.9 Å². The van der Waals surface area contributed by atoms with E-state index in [0.29, 0.717) is 0 Å². The predicted octanol–water partition coefficient (Wildman–Crippen LogP) is 0.929. The van der Waals surface area contributed by atoms with Crippen LogP contribution in [0.25, 0.3) is 0 Å². The van der Waals surface area contributed by atoms with Crippen molar-refractivity contribution >= 4 is 36.8 Å². The topological polar surface area (TPSA) is 119 Å². The number of carbonyl (C=O) groups is 2. The number of rotatable bonds is 7. The van der Waals surface area contributed by atoms with E-state index in [-0.39, 0.29) is 19.0 Å². The van der Waals surface area contributed by atoms with Gasteiger partial charge in [-0.1, -0.05) is 0 Å². The maximum atomic E-state index is 10.7. The maximum Gasteiger partial charge on any atom is 0.310 e. The molecule has 0 radical (unpaired) electrons. The third-order valence-electron chi connectivity index (χ3n) is 1.75. The van der Waals surface area contributed by atoms with Crippen molar-refractivity contribution in [3.05, 3.63) is 0 Å². The zero-order chi connectivity index (χ0) is 12.1. The predicted molar refractivity (Wildman–Crippen MR) is 59.8 cm³/mol. The average molecular weight is 254 g/mol. The minimum Gasteiger partial charge on any atom is -0.481 e. The largest absolute Gasteiger partial charge is 0.481 e. The SMILES string of the molecule is N=C[P+](O)(S)CC(CCC(=O)O)C(=O)O. The number of thiol groups is 1. The van der Waals surface area contributed by atoms with Crippen LogP contribution in [0.4, 0.5) is 0 Å². The summed E-state index contributed by atoms with van der Waals surface area (Å²) in [6.07, 6.45) is -0.521. The molecule has 0 saturated heterocycles. The normalized spacial score (nSPS) is 16.4. The summed E-state index contributed by atoms with van der Waals surface area (Å²) in [5, 5.41) is 24.0. The van der Waals surface area contributed by atoms with Crippen molar-refractivity contribution in [3.63, 3.8) is 0 Å². The van der Waals surface area contributed by atoms with Gasteiger partial charge in [0.05, 0.1) is 5.92 Å². The van der Waals surface area contributed by atoms with Crippen LogP contribution in [-0.4, -0.2) is 39.2 Å². The molecule has 2 atom stereocenters. The molecule has 0 aromatic heterocycles. The van der Waals surface area contributed by atoms with Gasteiger partial charge in [0.15, 0.2) is 5.96 Å². The first-order valence-electron chi connectivity index (χ1n) is 4.08. The van der Waals surface area contributed by atoms with E-state index in [2.05, 4.69) is 12.2 Å². The summed E-state index contributed by atoms with van der Waals surface area (Å²) in [6.45, 7) is -2.93. The molecule has 0 aliphatic carbocycles. The molecular formula is C7H13NO5PS+. The first kappa shape index (κ1) is 14.3. The van der Waals surface area contributed by atoms with Gasteiger partial charge in [0.2, 0.25) is 6.69 Å². The Hall–Kier alpha value is -0.650. The van der Waals surface area contributed by atoms with E-state index in [4.69, 9.17) is 15.6 Å². The average Bonchev–Trinajstić information content (AvgIpc) is 2.11. The number of aliphatic carboxylic acids is 2. The van der Waals surface area contributed by atoms with Crippen LogP contribution >= 0.6 is 18.9 Å². The van der Waals surface area contributed by atoms with Crippen LogP contribution in [0, 0.1) is 11.3 Å². The summed E-state index contributed by atoms with van der Waals surface area (Å²) in [6, 6.07) is 0. The van der Waals surface area contributed by atoms with E-state index in [0.717, 1.165) is 5.96 Å². The molecule has 0 spiro atoms. The molecule has 0 aliphatic heterocycles. The molecule has 0 fully saturated rings. The lowest BCUT2D eigenvalue weighted by atomic mass is 10.1. The number of hydrogen-bond donors (Lipinski definition) is 5. The zero-order valence-electron chi connectivity index (χ0n) is 7.83. The van der Waals surface area contributed by atoms with Crippen molar-refractivity contribution in [1.29, 1.82) is 5.41 Å². The Balaban J connectivity index is 4.35. The van der Waals surface area contributed by atoms with Gasteiger partial charge in [-0.3, -0.25) is 15.0 Å². The minimum absolute atomic E-state index is 0.0681. The fraction of sp³-hybridized carbons (Fsp3) is 0.571. The molecule has 0 heterocycles. The van der Waals surface area contributed by atoms with Crippen molar-refractivity contribution < 1.29 is 24.7 Å². The summed E-state index contributed by atoms with van der Waals surface area (Å²) in [5.74, 6) is -2.51. The maximum absolute atomic E-state index is 10.7. The molecular weight excluding hydrogens is 241 g/mol. The van der Waals surface area contributed by atoms with Crippen molar-refractivity contribution in [1.82, 2.24) is 0 Å². The smallest absolute Gasteiger partial charge is 0.310 e. The van der Waals surface area contributed by atoms with Gasteiger partial charge in [-0.2, -0.15) is 0 Å². The summed E-state index contributed by atoms with van der Waals surface area (Å²) in [5.41, 5.74) is 0. The monoisotopic (exact) mass is 254 g/mol. The third kappa shape index (κ3) is 6.43. The summed E-state index contributed by atoms with van der Waals surface area (Å²) >= 11 is 3.78. The lowest BCUT2D eigenvalue weighted by Gasteiger charge is -2.13. The van der Waals surface area contributed by atoms with Crippen molar-refractivity contribution in [2.75, 3.05) is 6.16 Å². The first-order chi connectivity index (χ1) is 6.78. The Morgan fingerprint density at radius 1 is 1.47 bits per heavy atom. The van der Waals surface area contributed by atoms with Crippen LogP contribution in [0.15, 0.2) is 0 Å². The van der Waals surface area contributed by atoms with E-state index in [1.165, 1.54) is 0 Å². The Kier molecular flexibility index (Phi) is 5.79. The van der Waals surface area contributed by atoms with Gasteiger partial charge in [0.1, 0.15) is 6.16 Å². The van der Waals surface area contributed by atoms with E-state index < -0.39 is 24.5 Å². The second kappa shape index (κ2) is 6.05. The quantitative estimate of drug-likeness (QED) is 0.263. The van der Waals surface area contributed by atoms with Crippen LogP contribution in [0.3, 0.4) is 0 Å². The highest BCUT2D eigenvalue weighted by Crippen LogP contribution is 2.58. The van der Waals surface area contributed by atoms with Crippen molar-refractivity contribution in [2.45, 2.75) is 12.8 Å². The second-order valence-corrected chi connectivity index (χ2v) is 7.34. The lowest BCUT2D eigenvalue weighted by molar-refractivity contribution is -0.142. The molecule has 0 rings (SSSR count). The van der Waals surface area contributed by atoms with E-state index >= 15 is 0 Å². The molecule has 0 saturated carbocycles. The molecule has 15 heavy (non-hydrogen) atoms.